The summed E-state index contributed by atoms with van der Waals surface area (Å²) in [5.41, 5.74) is 1.91. The number of nitrogens with zero attached hydrogens (tertiary/aromatic N) is 4. The van der Waals surface area contributed by atoms with Crippen molar-refractivity contribution in [3.63, 3.8) is 0 Å². The molecule has 1 amide bonds. The van der Waals surface area contributed by atoms with Gasteiger partial charge in [0.05, 0.1) is 23.9 Å². The fourth-order valence-electron chi connectivity index (χ4n) is 3.55. The Hall–Kier alpha value is -4.32. The van der Waals surface area contributed by atoms with Gasteiger partial charge in [0, 0.05) is 17.5 Å². The molecule has 0 radical (unpaired) electrons. The van der Waals surface area contributed by atoms with Crippen LogP contribution in [0.1, 0.15) is 21.7 Å². The van der Waals surface area contributed by atoms with Gasteiger partial charge in [-0.1, -0.05) is 11.2 Å². The van der Waals surface area contributed by atoms with Crippen LogP contribution in [0.5, 0.6) is 22.6 Å². The lowest BCUT2D eigenvalue weighted by molar-refractivity contribution is 0.102. The van der Waals surface area contributed by atoms with Crippen LogP contribution < -0.4 is 24.3 Å². The number of aromatic nitrogens is 4. The van der Waals surface area contributed by atoms with Gasteiger partial charge in [0.2, 0.25) is 5.13 Å². The Morgan fingerprint density at radius 3 is 2.92 bits per heavy atom. The summed E-state index contributed by atoms with van der Waals surface area (Å²) >= 11 is 1.04. The Balaban J connectivity index is 1.31. The summed E-state index contributed by atoms with van der Waals surface area (Å²) in [5.74, 6) is 0.256. The van der Waals surface area contributed by atoms with Crippen molar-refractivity contribution in [3.8, 4) is 33.7 Å². The summed E-state index contributed by atoms with van der Waals surface area (Å²) < 4.78 is 36.7. The molecule has 0 saturated heterocycles. The van der Waals surface area contributed by atoms with Crippen molar-refractivity contribution in [2.75, 3.05) is 25.6 Å². The average Bonchev–Trinajstić information content (AvgIpc) is 3.34. The third kappa shape index (κ3) is 4.89. The molecule has 10 nitrogen and oxygen atoms in total. The first-order chi connectivity index (χ1) is 17.5. The highest BCUT2D eigenvalue weighted by Crippen LogP contribution is 2.35. The molecule has 12 heteroatoms. The van der Waals surface area contributed by atoms with Gasteiger partial charge in [-0.3, -0.25) is 15.1 Å². The quantitative estimate of drug-likeness (QED) is 0.394. The van der Waals surface area contributed by atoms with Crippen LogP contribution in [0.15, 0.2) is 42.6 Å². The van der Waals surface area contributed by atoms with Crippen LogP contribution in [0.4, 0.5) is 9.52 Å². The van der Waals surface area contributed by atoms with Gasteiger partial charge in [-0.15, -0.1) is 5.10 Å². The fourth-order valence-corrected chi connectivity index (χ4v) is 4.14. The first-order valence-electron chi connectivity index (χ1n) is 10.8. The second kappa shape index (κ2) is 10.1. The molecule has 3 aromatic heterocycles. The topological polar surface area (TPSA) is 118 Å². The van der Waals surface area contributed by atoms with Gasteiger partial charge in [-0.25, -0.2) is 9.37 Å². The van der Waals surface area contributed by atoms with Crippen molar-refractivity contribution in [3.05, 3.63) is 65.4 Å². The van der Waals surface area contributed by atoms with E-state index < -0.39 is 11.7 Å². The summed E-state index contributed by atoms with van der Waals surface area (Å²) in [6.45, 7) is 2.80. The average molecular weight is 510 g/mol. The molecule has 0 atom stereocenters. The van der Waals surface area contributed by atoms with Crippen LogP contribution >= 0.6 is 11.3 Å². The molecule has 1 aliphatic heterocycles. The van der Waals surface area contributed by atoms with Gasteiger partial charge in [-0.2, -0.15) is 0 Å². The van der Waals surface area contributed by atoms with E-state index in [2.05, 4.69) is 25.5 Å². The summed E-state index contributed by atoms with van der Waals surface area (Å²) in [4.78, 5) is 21.7. The van der Waals surface area contributed by atoms with Crippen LogP contribution in [-0.4, -0.2) is 46.4 Å². The molecule has 0 bridgehead atoms. The molecule has 1 aromatic carbocycles. The summed E-state index contributed by atoms with van der Waals surface area (Å²) in [6, 6.07) is 9.63. The van der Waals surface area contributed by atoms with E-state index in [-0.39, 0.29) is 28.1 Å². The van der Waals surface area contributed by atoms with Gasteiger partial charge < -0.3 is 18.9 Å². The molecular weight excluding hydrogens is 489 g/mol. The number of fused-ring (bicyclic) bond motifs is 1. The summed E-state index contributed by atoms with van der Waals surface area (Å²) in [5, 5.41) is 11.0. The largest absolute Gasteiger partial charge is 0.496 e. The number of hydrogen-bond donors (Lipinski definition) is 1. The van der Waals surface area contributed by atoms with Gasteiger partial charge in [0.1, 0.15) is 31.4 Å². The van der Waals surface area contributed by atoms with Crippen molar-refractivity contribution >= 4 is 22.4 Å². The predicted octanol–water partition coefficient (Wildman–Crippen LogP) is 4.05. The van der Waals surface area contributed by atoms with Gasteiger partial charge in [0.25, 0.3) is 17.0 Å². The SMILES string of the molecule is COc1cccc(F)c1-c1cc(C)ncc1C(=O)Nc1nnc(OCc2ccc3c(n2)OCCO3)s1. The van der Waals surface area contributed by atoms with E-state index in [0.29, 0.717) is 47.5 Å². The zero-order valence-electron chi connectivity index (χ0n) is 19.3. The molecule has 1 N–H and O–H groups in total. The third-order valence-corrected chi connectivity index (χ3v) is 5.93. The second-order valence-corrected chi connectivity index (χ2v) is 8.55. The fraction of sp³-hybridized carbons (Fsp3) is 0.208. The standard InChI is InChI=1S/C24H20FN5O5S/c1-13-10-15(20-17(25)4-3-5-18(20)32-2)16(11-26-13)21(31)28-23-29-30-24(36-23)35-12-14-6-7-19-22(27-14)34-9-8-33-19/h3-7,10-11H,8-9,12H2,1-2H3,(H,28,29,31). The third-order valence-electron chi connectivity index (χ3n) is 5.18. The lowest BCUT2D eigenvalue weighted by atomic mass is 9.98. The van der Waals surface area contributed by atoms with E-state index in [1.54, 1.807) is 31.2 Å². The van der Waals surface area contributed by atoms with E-state index in [1.165, 1.54) is 25.4 Å². The number of benzene rings is 1. The van der Waals surface area contributed by atoms with E-state index in [9.17, 15) is 9.18 Å². The molecule has 5 rings (SSSR count). The smallest absolute Gasteiger partial charge is 0.296 e. The monoisotopic (exact) mass is 509 g/mol. The number of carbonyl (C=O) groups excluding carboxylic acids is 1. The first-order valence-corrected chi connectivity index (χ1v) is 11.7. The molecular formula is C24H20FN5O5S. The molecule has 4 aromatic rings. The Bertz CT molecular complexity index is 1430. The Kier molecular flexibility index (Phi) is 6.58. The number of amides is 1. The number of pyridine rings is 2. The number of anilines is 1. The number of methoxy groups -OCH3 is 1. The van der Waals surface area contributed by atoms with Crippen LogP contribution in [0.25, 0.3) is 11.1 Å². The zero-order valence-corrected chi connectivity index (χ0v) is 20.1. The highest BCUT2D eigenvalue weighted by molar-refractivity contribution is 7.17. The predicted molar refractivity (Wildman–Crippen MR) is 128 cm³/mol. The highest BCUT2D eigenvalue weighted by Gasteiger charge is 2.21. The van der Waals surface area contributed by atoms with Crippen molar-refractivity contribution in [2.45, 2.75) is 13.5 Å². The van der Waals surface area contributed by atoms with Crippen LogP contribution in [0.2, 0.25) is 0 Å². The molecule has 4 heterocycles. The van der Waals surface area contributed by atoms with E-state index in [0.717, 1.165) is 11.3 Å². The molecule has 0 saturated carbocycles. The van der Waals surface area contributed by atoms with Gasteiger partial charge in [-0.05, 0) is 48.6 Å². The number of nitrogens with one attached hydrogen (secondary N) is 1. The lowest BCUT2D eigenvalue weighted by Crippen LogP contribution is -2.17. The molecule has 1 aliphatic rings. The minimum atomic E-state index is -0.529. The van der Waals surface area contributed by atoms with Crippen molar-refractivity contribution < 1.29 is 28.1 Å². The van der Waals surface area contributed by atoms with E-state index in [4.69, 9.17) is 18.9 Å². The normalized spacial score (nSPS) is 12.2. The minimum absolute atomic E-state index is 0.123. The number of ether oxygens (including phenoxy) is 4. The van der Waals surface area contributed by atoms with Crippen molar-refractivity contribution in [1.82, 2.24) is 20.2 Å². The Labute approximate surface area is 209 Å². The van der Waals surface area contributed by atoms with Crippen LogP contribution in [0, 0.1) is 12.7 Å². The first kappa shape index (κ1) is 23.4. The molecule has 0 unspecified atom stereocenters. The number of hydrogen-bond acceptors (Lipinski definition) is 10. The number of aryl methyl sites for hydroxylation is 1. The maximum Gasteiger partial charge on any atom is 0.296 e. The molecule has 0 fully saturated rings. The molecule has 0 aliphatic carbocycles. The van der Waals surface area contributed by atoms with Crippen molar-refractivity contribution in [2.24, 2.45) is 0 Å². The highest BCUT2D eigenvalue weighted by atomic mass is 32.1. The Morgan fingerprint density at radius 1 is 1.19 bits per heavy atom. The molecule has 184 valence electrons. The summed E-state index contributed by atoms with van der Waals surface area (Å²) in [6.07, 6.45) is 1.39. The Morgan fingerprint density at radius 2 is 2.06 bits per heavy atom. The summed E-state index contributed by atoms with van der Waals surface area (Å²) in [7, 11) is 1.44. The van der Waals surface area contributed by atoms with Gasteiger partial charge in [0.15, 0.2) is 5.75 Å². The van der Waals surface area contributed by atoms with Crippen molar-refractivity contribution in [1.29, 1.82) is 0 Å². The zero-order chi connectivity index (χ0) is 25.1. The lowest BCUT2D eigenvalue weighted by Gasteiger charge is -2.17. The van der Waals surface area contributed by atoms with E-state index >= 15 is 0 Å². The van der Waals surface area contributed by atoms with Gasteiger partial charge >= 0.3 is 0 Å². The maximum atomic E-state index is 14.8. The van der Waals surface area contributed by atoms with E-state index in [1.807, 2.05) is 0 Å². The number of rotatable bonds is 7. The maximum absolute atomic E-state index is 14.8. The van der Waals surface area contributed by atoms with Crippen LogP contribution in [0.3, 0.4) is 0 Å². The minimum Gasteiger partial charge on any atom is -0.496 e. The number of carbonyl (C=O) groups is 1. The van der Waals surface area contributed by atoms with Crippen LogP contribution in [-0.2, 0) is 6.61 Å². The molecule has 36 heavy (non-hydrogen) atoms. The number of halogens is 1. The second-order valence-electron chi connectivity index (χ2n) is 7.61. The molecule has 0 spiro atoms.